The van der Waals surface area contributed by atoms with Crippen molar-refractivity contribution in [3.8, 4) is 0 Å². The van der Waals surface area contributed by atoms with Gasteiger partial charge in [-0.1, -0.05) is 0 Å². The van der Waals surface area contributed by atoms with Gasteiger partial charge in [0.15, 0.2) is 0 Å². The van der Waals surface area contributed by atoms with Crippen LogP contribution in [0.25, 0.3) is 0 Å². The van der Waals surface area contributed by atoms with E-state index in [9.17, 15) is 0 Å². The summed E-state index contributed by atoms with van der Waals surface area (Å²) in [6.07, 6.45) is 0. The van der Waals surface area contributed by atoms with Crippen LogP contribution in [0.3, 0.4) is 0 Å². The Balaban J connectivity index is 3.12. The summed E-state index contributed by atoms with van der Waals surface area (Å²) in [6, 6.07) is 0.337. The van der Waals surface area contributed by atoms with Gasteiger partial charge in [-0.25, -0.2) is 0 Å². The molecule has 0 N–H and O–H groups in total. The first kappa shape index (κ1) is 7.30. The van der Waals surface area contributed by atoms with Gasteiger partial charge in [0.2, 0.25) is 0 Å². The molecule has 10 heavy (non-hydrogen) atoms. The summed E-state index contributed by atoms with van der Waals surface area (Å²) >= 11 is 0. The third kappa shape index (κ3) is 1.19. The minimum Gasteiger partial charge on any atom is -0.281 e. The van der Waals surface area contributed by atoms with Crippen molar-refractivity contribution in [2.75, 3.05) is 0 Å². The van der Waals surface area contributed by atoms with Gasteiger partial charge >= 0.3 is 0 Å². The van der Waals surface area contributed by atoms with Crippen LogP contribution in [0.2, 0.25) is 0 Å². The highest BCUT2D eigenvalue weighted by Gasteiger charge is 2.07. The number of hydrogen-bond acceptors (Lipinski definition) is 1. The number of hydrogen-bond donors (Lipinski definition) is 0. The van der Waals surface area contributed by atoms with Crippen molar-refractivity contribution < 1.29 is 0 Å². The molecule has 1 nitrogen and oxygen atoms in total. The van der Waals surface area contributed by atoms with Gasteiger partial charge in [0.25, 0.3) is 0 Å². The highest BCUT2D eigenvalue weighted by Crippen LogP contribution is 2.12. The van der Waals surface area contributed by atoms with Crippen molar-refractivity contribution in [1.82, 2.24) is 0 Å². The van der Waals surface area contributed by atoms with E-state index >= 15 is 0 Å². The molecule has 0 fully saturated rings. The predicted octanol–water partition coefficient (Wildman–Crippen LogP) is 2.34. The summed E-state index contributed by atoms with van der Waals surface area (Å²) in [5.74, 6) is 0. The SMILES string of the molecule is CC1=C=C(C)C(C)N=C1C. The van der Waals surface area contributed by atoms with Gasteiger partial charge in [-0.15, -0.1) is 5.73 Å². The van der Waals surface area contributed by atoms with Gasteiger partial charge < -0.3 is 0 Å². The summed E-state index contributed by atoms with van der Waals surface area (Å²) in [5, 5.41) is 0. The molecular weight excluding hydrogens is 122 g/mol. The van der Waals surface area contributed by atoms with Gasteiger partial charge in [-0.05, 0) is 33.3 Å². The molecule has 0 aromatic heterocycles. The molecule has 0 aromatic carbocycles. The monoisotopic (exact) mass is 135 g/mol. The van der Waals surface area contributed by atoms with Crippen LogP contribution in [0.4, 0.5) is 0 Å². The minimum absolute atomic E-state index is 0.337. The molecule has 54 valence electrons. The molecule has 0 saturated heterocycles. The Hall–Kier alpha value is -0.810. The molecule has 0 bridgehead atoms. The summed E-state index contributed by atoms with van der Waals surface area (Å²) in [7, 11) is 0. The van der Waals surface area contributed by atoms with E-state index in [1.807, 2.05) is 13.8 Å². The topological polar surface area (TPSA) is 12.4 Å². The maximum atomic E-state index is 4.42. The molecule has 1 rings (SSSR count). The highest BCUT2D eigenvalue weighted by molar-refractivity contribution is 5.98. The van der Waals surface area contributed by atoms with E-state index in [4.69, 9.17) is 0 Å². The first-order valence-electron chi connectivity index (χ1n) is 3.60. The number of rotatable bonds is 0. The Bertz CT molecular complexity index is 239. The molecule has 0 saturated carbocycles. The second-order valence-corrected chi connectivity index (χ2v) is 2.82. The van der Waals surface area contributed by atoms with Crippen molar-refractivity contribution in [2.45, 2.75) is 33.7 Å². The van der Waals surface area contributed by atoms with E-state index in [-0.39, 0.29) is 0 Å². The van der Waals surface area contributed by atoms with Gasteiger partial charge in [0.1, 0.15) is 0 Å². The molecule has 1 aliphatic heterocycles. The molecule has 1 heteroatoms. The molecular formula is C9H13N. The standard InChI is InChI=1S/C9H13N/c1-6-5-7(2)9(4)10-8(6)3/h8H,1-4H3. The average Bonchev–Trinajstić information content (AvgIpc) is 1.84. The molecule has 0 spiro atoms. The van der Waals surface area contributed by atoms with E-state index in [0.717, 1.165) is 5.71 Å². The molecule has 1 heterocycles. The maximum absolute atomic E-state index is 4.42. The van der Waals surface area contributed by atoms with E-state index in [1.54, 1.807) is 0 Å². The van der Waals surface area contributed by atoms with Crippen LogP contribution >= 0.6 is 0 Å². The maximum Gasteiger partial charge on any atom is 0.0755 e. The Kier molecular flexibility index (Phi) is 1.78. The lowest BCUT2D eigenvalue weighted by molar-refractivity contribution is 0.855. The molecule has 1 aliphatic rings. The van der Waals surface area contributed by atoms with Gasteiger partial charge in [-0.2, -0.15) is 0 Å². The first-order chi connectivity index (χ1) is 4.61. The van der Waals surface area contributed by atoms with Crippen molar-refractivity contribution >= 4 is 5.71 Å². The Morgan fingerprint density at radius 3 is 2.40 bits per heavy atom. The fourth-order valence-corrected chi connectivity index (χ4v) is 0.975. The minimum atomic E-state index is 0.337. The Morgan fingerprint density at radius 1 is 1.30 bits per heavy atom. The van der Waals surface area contributed by atoms with Crippen LogP contribution < -0.4 is 0 Å². The first-order valence-corrected chi connectivity index (χ1v) is 3.60. The lowest BCUT2D eigenvalue weighted by atomic mass is 10.1. The molecule has 1 unspecified atom stereocenters. The van der Waals surface area contributed by atoms with Crippen molar-refractivity contribution in [2.24, 2.45) is 4.99 Å². The van der Waals surface area contributed by atoms with Crippen LogP contribution in [0.1, 0.15) is 27.7 Å². The van der Waals surface area contributed by atoms with Crippen molar-refractivity contribution in [3.05, 3.63) is 16.9 Å². The zero-order chi connectivity index (χ0) is 7.72. The van der Waals surface area contributed by atoms with E-state index in [2.05, 4.69) is 24.6 Å². The lowest BCUT2D eigenvalue weighted by Gasteiger charge is -2.11. The fourth-order valence-electron chi connectivity index (χ4n) is 0.975. The van der Waals surface area contributed by atoms with Crippen LogP contribution in [-0.4, -0.2) is 11.8 Å². The molecule has 0 aromatic rings. The molecule has 0 aliphatic carbocycles. The Morgan fingerprint density at radius 2 is 1.90 bits per heavy atom. The summed E-state index contributed by atoms with van der Waals surface area (Å²) in [4.78, 5) is 4.42. The fraction of sp³-hybridized carbons (Fsp3) is 0.556. The largest absolute Gasteiger partial charge is 0.281 e. The summed E-state index contributed by atoms with van der Waals surface area (Å²) in [6.45, 7) is 8.25. The van der Waals surface area contributed by atoms with Gasteiger partial charge in [0, 0.05) is 11.3 Å². The molecule has 1 atom stereocenters. The van der Waals surface area contributed by atoms with Crippen molar-refractivity contribution in [1.29, 1.82) is 0 Å². The zero-order valence-corrected chi connectivity index (χ0v) is 7.02. The average molecular weight is 135 g/mol. The van der Waals surface area contributed by atoms with E-state index < -0.39 is 0 Å². The smallest absolute Gasteiger partial charge is 0.0755 e. The Labute approximate surface area is 62.2 Å². The van der Waals surface area contributed by atoms with Crippen LogP contribution in [-0.2, 0) is 0 Å². The second kappa shape index (κ2) is 2.43. The van der Waals surface area contributed by atoms with Crippen LogP contribution in [0, 0.1) is 0 Å². The summed E-state index contributed by atoms with van der Waals surface area (Å²) < 4.78 is 0. The lowest BCUT2D eigenvalue weighted by Crippen LogP contribution is -2.08. The van der Waals surface area contributed by atoms with Crippen LogP contribution in [0.5, 0.6) is 0 Å². The second-order valence-electron chi connectivity index (χ2n) is 2.82. The zero-order valence-electron chi connectivity index (χ0n) is 7.02. The predicted molar refractivity (Wildman–Crippen MR) is 44.5 cm³/mol. The summed E-state index contributed by atoms with van der Waals surface area (Å²) in [5.41, 5.74) is 6.82. The van der Waals surface area contributed by atoms with Gasteiger partial charge in [0.05, 0.1) is 6.04 Å². The quantitative estimate of drug-likeness (QED) is 0.452. The van der Waals surface area contributed by atoms with E-state index in [0.29, 0.717) is 6.04 Å². The molecule has 0 amide bonds. The number of nitrogens with zero attached hydrogens (tertiary/aromatic N) is 1. The third-order valence-electron chi connectivity index (χ3n) is 1.94. The number of aliphatic imine (C=N–C) groups is 1. The van der Waals surface area contributed by atoms with Gasteiger partial charge in [-0.3, -0.25) is 4.99 Å². The normalized spacial score (nSPS) is 25.2. The highest BCUT2D eigenvalue weighted by atomic mass is 14.8. The van der Waals surface area contributed by atoms with Crippen LogP contribution in [0.15, 0.2) is 21.9 Å². The van der Waals surface area contributed by atoms with Crippen molar-refractivity contribution in [3.63, 3.8) is 0 Å². The molecule has 0 radical (unpaired) electrons. The third-order valence-corrected chi connectivity index (χ3v) is 1.94. The van der Waals surface area contributed by atoms with E-state index in [1.165, 1.54) is 11.1 Å².